The average Bonchev–Trinajstić information content (AvgIpc) is 2.71. The van der Waals surface area contributed by atoms with Gasteiger partial charge in [-0.2, -0.15) is 0 Å². The van der Waals surface area contributed by atoms with E-state index >= 15 is 0 Å². The van der Waals surface area contributed by atoms with Crippen molar-refractivity contribution in [2.24, 2.45) is 0 Å². The van der Waals surface area contributed by atoms with Crippen molar-refractivity contribution in [3.8, 4) is 0 Å². The normalized spacial score (nSPS) is 28.8. The van der Waals surface area contributed by atoms with E-state index < -0.39 is 0 Å². The molecule has 0 spiro atoms. The summed E-state index contributed by atoms with van der Waals surface area (Å²) in [5.41, 5.74) is 1.19. The van der Waals surface area contributed by atoms with Crippen molar-refractivity contribution in [3.05, 3.63) is 30.1 Å². The molecule has 0 bridgehead atoms. The van der Waals surface area contributed by atoms with E-state index in [0.29, 0.717) is 0 Å². The summed E-state index contributed by atoms with van der Waals surface area (Å²) in [5.74, 6) is -0.00511. The summed E-state index contributed by atoms with van der Waals surface area (Å²) in [5, 5.41) is 2.97. The first kappa shape index (κ1) is 10.7. The molecule has 0 saturated carbocycles. The molecule has 2 saturated heterocycles. The van der Waals surface area contributed by atoms with Crippen LogP contribution in [0.5, 0.6) is 0 Å². The molecule has 5 nitrogen and oxygen atoms in total. The number of aromatic nitrogens is 1. The predicted molar refractivity (Wildman–Crippen MR) is 61.2 cm³/mol. The maximum atomic E-state index is 11.2. The summed E-state index contributed by atoms with van der Waals surface area (Å²) in [7, 11) is 0. The number of pyridine rings is 1. The van der Waals surface area contributed by atoms with Crippen LogP contribution in [0.3, 0.4) is 0 Å². The number of carbonyl (C=O) groups excluding carboxylic acids is 1. The van der Waals surface area contributed by atoms with E-state index in [0.717, 1.165) is 19.6 Å². The van der Waals surface area contributed by atoms with Gasteiger partial charge in [-0.1, -0.05) is 6.07 Å². The van der Waals surface area contributed by atoms with Gasteiger partial charge in [0.05, 0.1) is 12.1 Å². The molecule has 2 fully saturated rings. The molecule has 1 aromatic heterocycles. The minimum absolute atomic E-state index is 0.00511. The number of nitrogens with zero attached hydrogens (tertiary/aromatic N) is 2. The van der Waals surface area contributed by atoms with E-state index in [1.54, 1.807) is 6.20 Å². The molecular weight excluding hydrogens is 218 g/mol. The number of nitrogens with one attached hydrogen (secondary N) is 1. The Morgan fingerprint density at radius 2 is 2.47 bits per heavy atom. The molecule has 5 heteroatoms. The molecule has 0 aliphatic carbocycles. The summed E-state index contributed by atoms with van der Waals surface area (Å²) >= 11 is 0. The average molecular weight is 233 g/mol. The van der Waals surface area contributed by atoms with Crippen molar-refractivity contribution >= 4 is 5.91 Å². The van der Waals surface area contributed by atoms with E-state index in [2.05, 4.69) is 21.3 Å². The van der Waals surface area contributed by atoms with Gasteiger partial charge >= 0.3 is 0 Å². The molecule has 2 atom stereocenters. The SMILES string of the molecule is O=C1CO[C@H]2CN(Cc3cccnc3)C[C@H]2N1. The third-order valence-electron chi connectivity index (χ3n) is 3.25. The Bertz CT molecular complexity index is 409. The van der Waals surface area contributed by atoms with Gasteiger partial charge in [0.25, 0.3) is 0 Å². The molecule has 2 aliphatic heterocycles. The fourth-order valence-electron chi connectivity index (χ4n) is 2.47. The second kappa shape index (κ2) is 4.43. The lowest BCUT2D eigenvalue weighted by Gasteiger charge is -2.25. The summed E-state index contributed by atoms with van der Waals surface area (Å²) in [6.45, 7) is 2.78. The van der Waals surface area contributed by atoms with Crippen LogP contribution in [0.25, 0.3) is 0 Å². The van der Waals surface area contributed by atoms with Gasteiger partial charge in [-0.25, -0.2) is 0 Å². The van der Waals surface area contributed by atoms with Gasteiger partial charge in [0.2, 0.25) is 5.91 Å². The monoisotopic (exact) mass is 233 g/mol. The van der Waals surface area contributed by atoms with E-state index in [-0.39, 0.29) is 24.7 Å². The van der Waals surface area contributed by atoms with Crippen molar-refractivity contribution in [1.82, 2.24) is 15.2 Å². The zero-order valence-electron chi connectivity index (χ0n) is 9.50. The van der Waals surface area contributed by atoms with E-state index in [9.17, 15) is 4.79 Å². The molecule has 3 rings (SSSR count). The van der Waals surface area contributed by atoms with E-state index in [4.69, 9.17) is 4.74 Å². The topological polar surface area (TPSA) is 54.5 Å². The number of rotatable bonds is 2. The van der Waals surface area contributed by atoms with Crippen LogP contribution < -0.4 is 5.32 Å². The van der Waals surface area contributed by atoms with Gasteiger partial charge in [-0.15, -0.1) is 0 Å². The molecule has 1 amide bonds. The molecule has 0 radical (unpaired) electrons. The van der Waals surface area contributed by atoms with Crippen LogP contribution >= 0.6 is 0 Å². The smallest absolute Gasteiger partial charge is 0.246 e. The van der Waals surface area contributed by atoms with Crippen LogP contribution in [0.15, 0.2) is 24.5 Å². The molecular formula is C12H15N3O2. The first-order chi connectivity index (χ1) is 8.31. The Morgan fingerprint density at radius 1 is 1.53 bits per heavy atom. The number of ether oxygens (including phenoxy) is 1. The van der Waals surface area contributed by atoms with Crippen molar-refractivity contribution in [3.63, 3.8) is 0 Å². The third kappa shape index (κ3) is 2.30. The Labute approximate surface area is 99.8 Å². The number of amides is 1. The van der Waals surface area contributed by atoms with E-state index in [1.165, 1.54) is 5.56 Å². The van der Waals surface area contributed by atoms with Crippen LogP contribution in [-0.4, -0.2) is 47.6 Å². The minimum Gasteiger partial charge on any atom is -0.365 e. The fourth-order valence-corrected chi connectivity index (χ4v) is 2.47. The highest BCUT2D eigenvalue weighted by molar-refractivity contribution is 5.78. The number of hydrogen-bond acceptors (Lipinski definition) is 4. The largest absolute Gasteiger partial charge is 0.365 e. The van der Waals surface area contributed by atoms with Gasteiger partial charge in [-0.05, 0) is 11.6 Å². The standard InChI is InChI=1S/C12H15N3O2/c16-12-8-17-11-7-15(6-10(11)14-12)5-9-2-1-3-13-4-9/h1-4,10-11H,5-8H2,(H,14,16)/t10-,11+/m1/s1. The molecule has 17 heavy (non-hydrogen) atoms. The molecule has 1 aromatic rings. The second-order valence-electron chi connectivity index (χ2n) is 4.58. The van der Waals surface area contributed by atoms with Crippen molar-refractivity contribution < 1.29 is 9.53 Å². The first-order valence-electron chi connectivity index (χ1n) is 5.83. The lowest BCUT2D eigenvalue weighted by Crippen LogP contribution is -2.50. The minimum atomic E-state index is -0.00511. The lowest BCUT2D eigenvalue weighted by atomic mass is 10.2. The molecule has 0 aromatic carbocycles. The van der Waals surface area contributed by atoms with Gasteiger partial charge in [0.1, 0.15) is 6.61 Å². The second-order valence-corrected chi connectivity index (χ2v) is 4.58. The van der Waals surface area contributed by atoms with Crippen LogP contribution in [0.4, 0.5) is 0 Å². The summed E-state index contributed by atoms with van der Waals surface area (Å²) in [4.78, 5) is 17.6. The van der Waals surface area contributed by atoms with Crippen LogP contribution in [-0.2, 0) is 16.1 Å². The van der Waals surface area contributed by atoms with Gasteiger partial charge in [0.15, 0.2) is 0 Å². The highest BCUT2D eigenvalue weighted by Gasteiger charge is 2.37. The number of carbonyl (C=O) groups is 1. The Balaban J connectivity index is 1.62. The Hall–Kier alpha value is -1.46. The van der Waals surface area contributed by atoms with Crippen LogP contribution in [0, 0.1) is 0 Å². The van der Waals surface area contributed by atoms with Crippen molar-refractivity contribution in [2.75, 3.05) is 19.7 Å². The number of likely N-dealkylation sites (tertiary alicyclic amines) is 1. The molecule has 3 heterocycles. The third-order valence-corrected chi connectivity index (χ3v) is 3.25. The highest BCUT2D eigenvalue weighted by atomic mass is 16.5. The zero-order valence-corrected chi connectivity index (χ0v) is 9.50. The summed E-state index contributed by atoms with van der Waals surface area (Å²) in [6.07, 6.45) is 3.79. The lowest BCUT2D eigenvalue weighted by molar-refractivity contribution is -0.134. The zero-order chi connectivity index (χ0) is 11.7. The van der Waals surface area contributed by atoms with Gasteiger partial charge in [-0.3, -0.25) is 14.7 Å². The number of fused-ring (bicyclic) bond motifs is 1. The Kier molecular flexibility index (Phi) is 2.78. The highest BCUT2D eigenvalue weighted by Crippen LogP contribution is 2.18. The van der Waals surface area contributed by atoms with E-state index in [1.807, 2.05) is 12.3 Å². The summed E-state index contributed by atoms with van der Waals surface area (Å²) in [6, 6.07) is 4.15. The summed E-state index contributed by atoms with van der Waals surface area (Å²) < 4.78 is 5.51. The number of morpholine rings is 1. The fraction of sp³-hybridized carbons (Fsp3) is 0.500. The maximum absolute atomic E-state index is 11.2. The first-order valence-corrected chi connectivity index (χ1v) is 5.83. The number of hydrogen-bond donors (Lipinski definition) is 1. The molecule has 0 unspecified atom stereocenters. The van der Waals surface area contributed by atoms with Crippen molar-refractivity contribution in [1.29, 1.82) is 0 Å². The molecule has 1 N–H and O–H groups in total. The Morgan fingerprint density at radius 3 is 3.29 bits per heavy atom. The predicted octanol–water partition coefficient (Wildman–Crippen LogP) is -0.219. The molecule has 90 valence electrons. The van der Waals surface area contributed by atoms with Crippen LogP contribution in [0.1, 0.15) is 5.56 Å². The quantitative estimate of drug-likeness (QED) is 0.767. The maximum Gasteiger partial charge on any atom is 0.246 e. The van der Waals surface area contributed by atoms with Gasteiger partial charge < -0.3 is 10.1 Å². The van der Waals surface area contributed by atoms with Crippen LogP contribution in [0.2, 0.25) is 0 Å². The van der Waals surface area contributed by atoms with Crippen molar-refractivity contribution in [2.45, 2.75) is 18.7 Å². The molecule has 2 aliphatic rings. The van der Waals surface area contributed by atoms with Gasteiger partial charge in [0, 0.05) is 32.0 Å².